The number of aryl methyl sites for hydroxylation is 1. The van der Waals surface area contributed by atoms with Crippen LogP contribution in [0.15, 0.2) is 4.52 Å². The molecule has 0 spiro atoms. The molecular weight excluding hydrogens is 194 g/mol. The summed E-state index contributed by atoms with van der Waals surface area (Å²) >= 11 is 0. The maximum Gasteiger partial charge on any atom is 0.243 e. The highest BCUT2D eigenvalue weighted by molar-refractivity contribution is 5.94. The minimum atomic E-state index is -0.533. The summed E-state index contributed by atoms with van der Waals surface area (Å²) in [5, 5.41) is 6.36. The summed E-state index contributed by atoms with van der Waals surface area (Å²) < 4.78 is 4.96. The summed E-state index contributed by atoms with van der Waals surface area (Å²) in [5.74, 6) is 0.229. The molecule has 15 heavy (non-hydrogen) atoms. The molecule has 0 radical (unpaired) electrons. The van der Waals surface area contributed by atoms with E-state index in [-0.39, 0.29) is 11.8 Å². The monoisotopic (exact) mass is 211 g/mol. The maximum absolute atomic E-state index is 11.6. The molecule has 3 N–H and O–H groups in total. The SMILES string of the molecule is Cc1noc(NC(=O)[C@@H](N)C(C)C)c1C. The van der Waals surface area contributed by atoms with Gasteiger partial charge in [-0.1, -0.05) is 19.0 Å². The van der Waals surface area contributed by atoms with Crippen molar-refractivity contribution in [3.8, 4) is 0 Å². The van der Waals surface area contributed by atoms with E-state index in [1.807, 2.05) is 27.7 Å². The molecule has 1 heterocycles. The molecule has 0 bridgehead atoms. The number of hydrogen-bond acceptors (Lipinski definition) is 4. The average molecular weight is 211 g/mol. The Morgan fingerprint density at radius 3 is 2.47 bits per heavy atom. The van der Waals surface area contributed by atoms with Gasteiger partial charge in [-0.3, -0.25) is 10.1 Å². The lowest BCUT2D eigenvalue weighted by atomic mass is 10.1. The van der Waals surface area contributed by atoms with Crippen molar-refractivity contribution >= 4 is 11.8 Å². The van der Waals surface area contributed by atoms with E-state index in [1.54, 1.807) is 0 Å². The predicted molar refractivity (Wildman–Crippen MR) is 57.4 cm³/mol. The van der Waals surface area contributed by atoms with Gasteiger partial charge in [-0.15, -0.1) is 0 Å². The van der Waals surface area contributed by atoms with Gasteiger partial charge in [0.2, 0.25) is 11.8 Å². The summed E-state index contributed by atoms with van der Waals surface area (Å²) in [5.41, 5.74) is 7.29. The number of rotatable bonds is 3. The lowest BCUT2D eigenvalue weighted by Crippen LogP contribution is -2.39. The molecule has 0 saturated heterocycles. The molecule has 5 heteroatoms. The number of amides is 1. The second-order valence-electron chi connectivity index (χ2n) is 3.98. The third-order valence-electron chi connectivity index (χ3n) is 2.41. The number of nitrogens with zero attached hydrogens (tertiary/aromatic N) is 1. The number of carbonyl (C=O) groups is 1. The first-order chi connectivity index (χ1) is 6.93. The van der Waals surface area contributed by atoms with Crippen LogP contribution in [0.4, 0.5) is 5.88 Å². The van der Waals surface area contributed by atoms with Crippen molar-refractivity contribution in [3.05, 3.63) is 11.3 Å². The van der Waals surface area contributed by atoms with E-state index in [0.717, 1.165) is 11.3 Å². The van der Waals surface area contributed by atoms with Crippen LogP contribution in [0.2, 0.25) is 0 Å². The zero-order chi connectivity index (χ0) is 11.6. The van der Waals surface area contributed by atoms with Gasteiger partial charge in [0.05, 0.1) is 11.7 Å². The van der Waals surface area contributed by atoms with E-state index >= 15 is 0 Å². The molecule has 0 aliphatic carbocycles. The smallest absolute Gasteiger partial charge is 0.243 e. The number of hydrogen-bond donors (Lipinski definition) is 2. The van der Waals surface area contributed by atoms with Crippen molar-refractivity contribution in [1.82, 2.24) is 5.16 Å². The number of nitrogens with one attached hydrogen (secondary N) is 1. The summed E-state index contributed by atoms with van der Waals surface area (Å²) in [4.78, 5) is 11.6. The molecule has 0 aliphatic heterocycles. The van der Waals surface area contributed by atoms with E-state index in [1.165, 1.54) is 0 Å². The Kier molecular flexibility index (Phi) is 3.47. The van der Waals surface area contributed by atoms with Crippen molar-refractivity contribution in [1.29, 1.82) is 0 Å². The first kappa shape index (κ1) is 11.7. The van der Waals surface area contributed by atoms with Crippen LogP contribution < -0.4 is 11.1 Å². The van der Waals surface area contributed by atoms with E-state index in [2.05, 4.69) is 10.5 Å². The van der Waals surface area contributed by atoms with Gasteiger partial charge in [0.15, 0.2) is 0 Å². The lowest BCUT2D eigenvalue weighted by molar-refractivity contribution is -0.118. The van der Waals surface area contributed by atoms with Crippen molar-refractivity contribution in [2.75, 3.05) is 5.32 Å². The molecule has 84 valence electrons. The minimum Gasteiger partial charge on any atom is -0.338 e. The highest BCUT2D eigenvalue weighted by Crippen LogP contribution is 2.17. The fraction of sp³-hybridized carbons (Fsp3) is 0.600. The van der Waals surface area contributed by atoms with Crippen LogP contribution in [0.5, 0.6) is 0 Å². The first-order valence-electron chi connectivity index (χ1n) is 4.92. The Morgan fingerprint density at radius 2 is 2.07 bits per heavy atom. The number of carbonyl (C=O) groups excluding carboxylic acids is 1. The molecule has 1 amide bonds. The zero-order valence-electron chi connectivity index (χ0n) is 9.50. The molecular formula is C10H17N3O2. The summed E-state index contributed by atoms with van der Waals surface area (Å²) in [6.07, 6.45) is 0. The molecule has 0 aromatic carbocycles. The minimum absolute atomic E-state index is 0.0920. The first-order valence-corrected chi connectivity index (χ1v) is 4.92. The lowest BCUT2D eigenvalue weighted by Gasteiger charge is -2.13. The second kappa shape index (κ2) is 4.44. The summed E-state index contributed by atoms with van der Waals surface area (Å²) in [6.45, 7) is 7.44. The molecule has 1 aromatic heterocycles. The predicted octanol–water partition coefficient (Wildman–Crippen LogP) is 1.21. The van der Waals surface area contributed by atoms with Crippen LogP contribution in [-0.4, -0.2) is 17.1 Å². The van der Waals surface area contributed by atoms with Crippen LogP contribution in [0, 0.1) is 19.8 Å². The Morgan fingerprint density at radius 1 is 1.47 bits per heavy atom. The van der Waals surface area contributed by atoms with Crippen molar-refractivity contribution in [3.63, 3.8) is 0 Å². The maximum atomic E-state index is 11.6. The van der Waals surface area contributed by atoms with Gasteiger partial charge >= 0.3 is 0 Å². The highest BCUT2D eigenvalue weighted by Gasteiger charge is 2.20. The third-order valence-corrected chi connectivity index (χ3v) is 2.41. The Balaban J connectivity index is 2.71. The van der Waals surface area contributed by atoms with Crippen molar-refractivity contribution in [2.24, 2.45) is 11.7 Å². The Labute approximate surface area is 89.0 Å². The number of nitrogens with two attached hydrogens (primary N) is 1. The summed E-state index contributed by atoms with van der Waals surface area (Å²) in [7, 11) is 0. The standard InChI is InChI=1S/C10H17N3O2/c1-5(2)8(11)9(14)12-10-6(3)7(4)13-15-10/h5,8H,11H2,1-4H3,(H,12,14)/t8-/m0/s1. The molecule has 0 unspecified atom stereocenters. The van der Waals surface area contributed by atoms with Gasteiger partial charge in [0, 0.05) is 5.56 Å². The van der Waals surface area contributed by atoms with Crippen molar-refractivity contribution in [2.45, 2.75) is 33.7 Å². The van der Waals surface area contributed by atoms with Gasteiger partial charge in [0.25, 0.3) is 0 Å². The largest absolute Gasteiger partial charge is 0.338 e. The molecule has 5 nitrogen and oxygen atoms in total. The topological polar surface area (TPSA) is 81.2 Å². The Hall–Kier alpha value is -1.36. The van der Waals surface area contributed by atoms with Crippen LogP contribution >= 0.6 is 0 Å². The fourth-order valence-corrected chi connectivity index (χ4v) is 1.03. The summed E-state index contributed by atoms with van der Waals surface area (Å²) in [6, 6.07) is -0.533. The van der Waals surface area contributed by atoms with E-state index in [9.17, 15) is 4.79 Å². The van der Waals surface area contributed by atoms with E-state index in [0.29, 0.717) is 5.88 Å². The average Bonchev–Trinajstić information content (AvgIpc) is 2.48. The van der Waals surface area contributed by atoms with Gasteiger partial charge in [0.1, 0.15) is 0 Å². The van der Waals surface area contributed by atoms with Crippen LogP contribution in [-0.2, 0) is 4.79 Å². The molecule has 1 aromatic rings. The van der Waals surface area contributed by atoms with Gasteiger partial charge in [-0.2, -0.15) is 0 Å². The van der Waals surface area contributed by atoms with Crippen LogP contribution in [0.1, 0.15) is 25.1 Å². The van der Waals surface area contributed by atoms with Crippen molar-refractivity contribution < 1.29 is 9.32 Å². The molecule has 1 rings (SSSR count). The number of anilines is 1. The zero-order valence-corrected chi connectivity index (χ0v) is 9.50. The van der Waals surface area contributed by atoms with Crippen LogP contribution in [0.3, 0.4) is 0 Å². The molecule has 0 saturated carbocycles. The third kappa shape index (κ3) is 2.56. The van der Waals surface area contributed by atoms with Gasteiger partial charge in [-0.25, -0.2) is 0 Å². The quantitative estimate of drug-likeness (QED) is 0.787. The van der Waals surface area contributed by atoms with Gasteiger partial charge in [-0.05, 0) is 19.8 Å². The molecule has 1 atom stereocenters. The normalized spacial score (nSPS) is 12.9. The fourth-order valence-electron chi connectivity index (χ4n) is 1.03. The molecule has 0 aliphatic rings. The number of aromatic nitrogens is 1. The second-order valence-corrected chi connectivity index (χ2v) is 3.98. The van der Waals surface area contributed by atoms with E-state index in [4.69, 9.17) is 10.3 Å². The molecule has 0 fully saturated rings. The van der Waals surface area contributed by atoms with Gasteiger partial charge < -0.3 is 10.3 Å². The highest BCUT2D eigenvalue weighted by atomic mass is 16.5. The Bertz CT molecular complexity index is 358. The van der Waals surface area contributed by atoms with Crippen LogP contribution in [0.25, 0.3) is 0 Å². The van der Waals surface area contributed by atoms with E-state index < -0.39 is 6.04 Å².